The van der Waals surface area contributed by atoms with Crippen molar-refractivity contribution in [1.82, 2.24) is 0 Å². The van der Waals surface area contributed by atoms with E-state index in [2.05, 4.69) is 20.9 Å². The molecule has 3 rings (SSSR count). The van der Waals surface area contributed by atoms with E-state index in [-0.39, 0.29) is 17.3 Å². The summed E-state index contributed by atoms with van der Waals surface area (Å²) in [7, 11) is 3.04. The van der Waals surface area contributed by atoms with Gasteiger partial charge in [-0.1, -0.05) is 18.2 Å². The molecule has 0 amide bonds. The lowest BCUT2D eigenvalue weighted by Gasteiger charge is -2.11. The number of carbonyl (C=O) groups is 2. The van der Waals surface area contributed by atoms with Gasteiger partial charge in [0, 0.05) is 18.6 Å². The molecule has 0 radical (unpaired) electrons. The van der Waals surface area contributed by atoms with E-state index in [1.165, 1.54) is 14.0 Å². The molecule has 1 heterocycles. The van der Waals surface area contributed by atoms with Gasteiger partial charge < -0.3 is 18.9 Å². The molecule has 0 spiro atoms. The highest BCUT2D eigenvalue weighted by atomic mass is 79.9. The Hall–Kier alpha value is -3.39. The van der Waals surface area contributed by atoms with Gasteiger partial charge in [-0.05, 0) is 51.8 Å². The Morgan fingerprint density at radius 2 is 1.83 bits per heavy atom. The van der Waals surface area contributed by atoms with Crippen molar-refractivity contribution in [2.45, 2.75) is 6.92 Å². The molecule has 154 valence electrons. The summed E-state index contributed by atoms with van der Waals surface area (Å²) in [6.45, 7) is 1.30. The minimum Gasteiger partial charge on any atom is -0.496 e. The lowest BCUT2D eigenvalue weighted by Crippen LogP contribution is -2.04. The highest BCUT2D eigenvalue weighted by Gasteiger charge is 2.22. The number of methoxy groups -OCH3 is 2. The van der Waals surface area contributed by atoms with Gasteiger partial charge in [-0.2, -0.15) is 0 Å². The first-order valence-electron chi connectivity index (χ1n) is 8.81. The first-order valence-corrected chi connectivity index (χ1v) is 9.60. The van der Waals surface area contributed by atoms with Crippen molar-refractivity contribution in [3.63, 3.8) is 0 Å². The van der Waals surface area contributed by atoms with Crippen LogP contribution in [0.2, 0.25) is 0 Å². The third kappa shape index (κ3) is 4.96. The molecule has 0 aromatic heterocycles. The number of halogens is 1. The molecular formula is C22H18BrNO6. The molecular weight excluding hydrogens is 454 g/mol. The summed E-state index contributed by atoms with van der Waals surface area (Å²) in [4.78, 5) is 27.7. The van der Waals surface area contributed by atoms with Crippen LogP contribution in [0, 0.1) is 0 Å². The number of cyclic esters (lactones) is 1. The SMILES string of the molecule is COc1ccccc1/C=C/C1=NC(=C\c2cc(Br)c(OC(C)=O)c(OC)c2)/C(=O)O1. The van der Waals surface area contributed by atoms with Crippen LogP contribution in [0.1, 0.15) is 18.1 Å². The summed E-state index contributed by atoms with van der Waals surface area (Å²) in [5.41, 5.74) is 1.56. The van der Waals surface area contributed by atoms with E-state index < -0.39 is 11.9 Å². The number of para-hydroxylation sites is 1. The van der Waals surface area contributed by atoms with Gasteiger partial charge in [0.2, 0.25) is 5.90 Å². The van der Waals surface area contributed by atoms with Crippen molar-refractivity contribution in [2.24, 2.45) is 4.99 Å². The molecule has 0 saturated carbocycles. The Balaban J connectivity index is 1.88. The van der Waals surface area contributed by atoms with E-state index in [1.807, 2.05) is 24.3 Å². The highest BCUT2D eigenvalue weighted by Crippen LogP contribution is 2.37. The Kier molecular flexibility index (Phi) is 6.68. The Labute approximate surface area is 181 Å². The summed E-state index contributed by atoms with van der Waals surface area (Å²) in [6.07, 6.45) is 4.90. The van der Waals surface area contributed by atoms with Crippen LogP contribution < -0.4 is 14.2 Å². The van der Waals surface area contributed by atoms with Gasteiger partial charge >= 0.3 is 11.9 Å². The zero-order valence-electron chi connectivity index (χ0n) is 16.5. The van der Waals surface area contributed by atoms with Crippen LogP contribution in [0.15, 0.2) is 57.6 Å². The van der Waals surface area contributed by atoms with Crippen molar-refractivity contribution in [2.75, 3.05) is 14.2 Å². The zero-order valence-corrected chi connectivity index (χ0v) is 18.1. The molecule has 30 heavy (non-hydrogen) atoms. The van der Waals surface area contributed by atoms with Crippen molar-refractivity contribution in [1.29, 1.82) is 0 Å². The average Bonchev–Trinajstić information content (AvgIpc) is 3.07. The number of hydrogen-bond acceptors (Lipinski definition) is 7. The van der Waals surface area contributed by atoms with E-state index in [0.29, 0.717) is 21.5 Å². The number of esters is 2. The van der Waals surface area contributed by atoms with Crippen LogP contribution >= 0.6 is 15.9 Å². The maximum Gasteiger partial charge on any atom is 0.363 e. The highest BCUT2D eigenvalue weighted by molar-refractivity contribution is 9.10. The van der Waals surface area contributed by atoms with Crippen LogP contribution in [0.3, 0.4) is 0 Å². The normalized spacial score (nSPS) is 14.6. The monoisotopic (exact) mass is 471 g/mol. The third-order valence-corrected chi connectivity index (χ3v) is 4.57. The summed E-state index contributed by atoms with van der Waals surface area (Å²) in [6, 6.07) is 10.8. The summed E-state index contributed by atoms with van der Waals surface area (Å²) in [5, 5.41) is 0. The van der Waals surface area contributed by atoms with Crippen LogP contribution in [0.5, 0.6) is 17.2 Å². The summed E-state index contributed by atoms with van der Waals surface area (Å²) in [5.74, 6) is 0.395. The standard InChI is InChI=1S/C22H18BrNO6/c1-13(25)29-21-16(23)10-14(12-19(21)28-3)11-17-22(26)30-20(24-17)9-8-15-6-4-5-7-18(15)27-2/h4-12H,1-3H3/b9-8+,17-11-. The molecule has 1 aliphatic rings. The first-order chi connectivity index (χ1) is 14.4. The number of ether oxygens (including phenoxy) is 4. The van der Waals surface area contributed by atoms with E-state index in [4.69, 9.17) is 18.9 Å². The second-order valence-corrected chi connectivity index (χ2v) is 6.93. The molecule has 0 saturated heterocycles. The molecule has 8 heteroatoms. The minimum absolute atomic E-state index is 0.129. The summed E-state index contributed by atoms with van der Waals surface area (Å²) < 4.78 is 21.4. The average molecular weight is 472 g/mol. The predicted molar refractivity (Wildman–Crippen MR) is 116 cm³/mol. The largest absolute Gasteiger partial charge is 0.496 e. The Morgan fingerprint density at radius 1 is 1.10 bits per heavy atom. The molecule has 0 unspecified atom stereocenters. The fourth-order valence-corrected chi connectivity index (χ4v) is 3.23. The van der Waals surface area contributed by atoms with Gasteiger partial charge in [0.15, 0.2) is 17.2 Å². The number of nitrogens with zero attached hydrogens (tertiary/aromatic N) is 1. The van der Waals surface area contributed by atoms with Gasteiger partial charge in [0.25, 0.3) is 0 Å². The van der Waals surface area contributed by atoms with Gasteiger partial charge in [0.1, 0.15) is 5.75 Å². The number of carbonyl (C=O) groups excluding carboxylic acids is 2. The van der Waals surface area contributed by atoms with E-state index >= 15 is 0 Å². The fourth-order valence-electron chi connectivity index (χ4n) is 2.69. The predicted octanol–water partition coefficient (Wildman–Crippen LogP) is 4.40. The maximum absolute atomic E-state index is 12.2. The van der Waals surface area contributed by atoms with Crippen LogP contribution in [-0.2, 0) is 14.3 Å². The molecule has 0 bridgehead atoms. The molecule has 0 atom stereocenters. The molecule has 0 fully saturated rings. The second-order valence-electron chi connectivity index (χ2n) is 6.07. The fraction of sp³-hybridized carbons (Fsp3) is 0.136. The van der Waals surface area contributed by atoms with E-state index in [1.54, 1.807) is 37.5 Å². The maximum atomic E-state index is 12.2. The Morgan fingerprint density at radius 3 is 2.53 bits per heavy atom. The van der Waals surface area contributed by atoms with Crippen LogP contribution in [0.4, 0.5) is 0 Å². The zero-order chi connectivity index (χ0) is 21.7. The lowest BCUT2D eigenvalue weighted by molar-refractivity contribution is -0.132. The number of aliphatic imine (C=N–C) groups is 1. The molecule has 2 aromatic rings. The van der Waals surface area contributed by atoms with Gasteiger partial charge in [-0.15, -0.1) is 0 Å². The topological polar surface area (TPSA) is 83.4 Å². The van der Waals surface area contributed by atoms with E-state index in [9.17, 15) is 9.59 Å². The summed E-state index contributed by atoms with van der Waals surface area (Å²) >= 11 is 3.35. The van der Waals surface area contributed by atoms with Crippen molar-refractivity contribution in [3.05, 3.63) is 63.8 Å². The second kappa shape index (κ2) is 9.41. The Bertz CT molecular complexity index is 1090. The third-order valence-electron chi connectivity index (χ3n) is 3.98. The van der Waals surface area contributed by atoms with Crippen LogP contribution in [0.25, 0.3) is 12.2 Å². The number of hydrogen-bond donors (Lipinski definition) is 0. The lowest BCUT2D eigenvalue weighted by atomic mass is 10.1. The van der Waals surface area contributed by atoms with Gasteiger partial charge in [-0.25, -0.2) is 9.79 Å². The smallest absolute Gasteiger partial charge is 0.363 e. The van der Waals surface area contributed by atoms with Gasteiger partial charge in [0.05, 0.1) is 18.7 Å². The van der Waals surface area contributed by atoms with Crippen molar-refractivity contribution in [3.8, 4) is 17.2 Å². The number of rotatable bonds is 6. The quantitative estimate of drug-likeness (QED) is 0.352. The molecule has 7 nitrogen and oxygen atoms in total. The van der Waals surface area contributed by atoms with Crippen molar-refractivity contribution < 1.29 is 28.5 Å². The van der Waals surface area contributed by atoms with E-state index in [0.717, 1.165) is 5.56 Å². The molecule has 0 N–H and O–H groups in total. The number of benzene rings is 2. The molecule has 1 aliphatic heterocycles. The van der Waals surface area contributed by atoms with Crippen LogP contribution in [-0.4, -0.2) is 32.1 Å². The van der Waals surface area contributed by atoms with Crippen molar-refractivity contribution >= 4 is 45.9 Å². The molecule has 0 aliphatic carbocycles. The first kappa shape index (κ1) is 21.3. The van der Waals surface area contributed by atoms with Gasteiger partial charge in [-0.3, -0.25) is 4.79 Å². The minimum atomic E-state index is -0.575. The molecule has 2 aromatic carbocycles.